The van der Waals surface area contributed by atoms with Crippen LogP contribution in [0.1, 0.15) is 11.6 Å². The van der Waals surface area contributed by atoms with Crippen molar-refractivity contribution in [2.24, 2.45) is 17.3 Å². The molecule has 0 radical (unpaired) electrons. The van der Waals surface area contributed by atoms with Crippen molar-refractivity contribution >= 4 is 5.91 Å². The summed E-state index contributed by atoms with van der Waals surface area (Å²) in [5.41, 5.74) is 0.784. The van der Waals surface area contributed by atoms with E-state index in [1.54, 1.807) is 0 Å². The van der Waals surface area contributed by atoms with Crippen LogP contribution in [-0.2, 0) is 4.79 Å². The molecule has 124 valence electrons. The fraction of sp³-hybridized carbons (Fsp3) is 0.611. The number of likely N-dealkylation sites (tertiary alicyclic amines) is 2. The lowest BCUT2D eigenvalue weighted by Crippen LogP contribution is -2.63. The summed E-state index contributed by atoms with van der Waals surface area (Å²) in [6.45, 7) is 3.85. The number of hydrogen-bond donors (Lipinski definition) is 2. The van der Waals surface area contributed by atoms with Gasteiger partial charge in [-0.25, -0.2) is 0 Å². The molecule has 3 fully saturated rings. The molecule has 0 saturated carbocycles. The molecule has 1 aromatic rings. The molecule has 3 aliphatic heterocycles. The van der Waals surface area contributed by atoms with Crippen molar-refractivity contribution in [2.45, 2.75) is 6.04 Å². The highest BCUT2D eigenvalue weighted by atomic mass is 16.3. The van der Waals surface area contributed by atoms with Gasteiger partial charge >= 0.3 is 0 Å². The predicted octanol–water partition coefficient (Wildman–Crippen LogP) is 0.330. The largest absolute Gasteiger partial charge is 0.395 e. The first kappa shape index (κ1) is 15.1. The Kier molecular flexibility index (Phi) is 3.67. The maximum absolute atomic E-state index is 12.8. The molecule has 1 aromatic carbocycles. The third kappa shape index (κ3) is 2.30. The number of carbonyl (C=O) groups excluding carboxylic acids is 1. The van der Waals surface area contributed by atoms with Crippen LogP contribution in [0, 0.1) is 17.3 Å². The maximum atomic E-state index is 12.8. The average molecular weight is 315 g/mol. The van der Waals surface area contributed by atoms with E-state index in [-0.39, 0.29) is 12.5 Å². The normalized spacial score (nSPS) is 32.6. The van der Waals surface area contributed by atoms with Crippen molar-refractivity contribution in [2.75, 3.05) is 46.4 Å². The van der Waals surface area contributed by atoms with Gasteiger partial charge in [0.2, 0.25) is 5.91 Å². The molecular formula is C18H25N3O2. The molecule has 3 aliphatic rings. The Morgan fingerprint density at radius 2 is 2.00 bits per heavy atom. The molecule has 5 nitrogen and oxygen atoms in total. The Morgan fingerprint density at radius 1 is 1.26 bits per heavy atom. The molecule has 5 heteroatoms. The second-order valence-electron chi connectivity index (χ2n) is 7.47. The van der Waals surface area contributed by atoms with E-state index in [1.807, 2.05) is 4.90 Å². The van der Waals surface area contributed by atoms with Gasteiger partial charge in [-0.2, -0.15) is 0 Å². The van der Waals surface area contributed by atoms with Crippen LogP contribution < -0.4 is 5.32 Å². The fourth-order valence-electron chi connectivity index (χ4n) is 4.67. The monoisotopic (exact) mass is 315 g/mol. The zero-order valence-corrected chi connectivity index (χ0v) is 13.6. The van der Waals surface area contributed by atoms with E-state index < -0.39 is 5.41 Å². The minimum atomic E-state index is -0.563. The van der Waals surface area contributed by atoms with E-state index in [0.29, 0.717) is 31.0 Å². The average Bonchev–Trinajstić information content (AvgIpc) is 3.04. The lowest BCUT2D eigenvalue weighted by molar-refractivity contribution is -0.147. The van der Waals surface area contributed by atoms with Gasteiger partial charge in [-0.1, -0.05) is 30.3 Å². The molecule has 0 aromatic heterocycles. The molecular weight excluding hydrogens is 290 g/mol. The summed E-state index contributed by atoms with van der Waals surface area (Å²) in [5.74, 6) is 1.18. The summed E-state index contributed by atoms with van der Waals surface area (Å²) in [4.78, 5) is 17.3. The van der Waals surface area contributed by atoms with Crippen LogP contribution in [0.15, 0.2) is 30.3 Å². The first-order valence-electron chi connectivity index (χ1n) is 8.51. The van der Waals surface area contributed by atoms with Crippen LogP contribution in [-0.4, -0.2) is 67.2 Å². The highest BCUT2D eigenvalue weighted by Crippen LogP contribution is 2.44. The van der Waals surface area contributed by atoms with Gasteiger partial charge in [0.15, 0.2) is 0 Å². The van der Waals surface area contributed by atoms with E-state index in [4.69, 9.17) is 0 Å². The number of nitrogens with zero attached hydrogens (tertiary/aromatic N) is 2. The first-order valence-corrected chi connectivity index (χ1v) is 8.51. The van der Waals surface area contributed by atoms with Crippen molar-refractivity contribution < 1.29 is 9.90 Å². The van der Waals surface area contributed by atoms with Gasteiger partial charge in [-0.3, -0.25) is 9.69 Å². The molecule has 3 atom stereocenters. The first-order chi connectivity index (χ1) is 11.1. The van der Waals surface area contributed by atoms with Crippen molar-refractivity contribution in [3.8, 4) is 0 Å². The van der Waals surface area contributed by atoms with Crippen LogP contribution in [0.4, 0.5) is 0 Å². The van der Waals surface area contributed by atoms with Gasteiger partial charge in [-0.05, 0) is 18.5 Å². The summed E-state index contributed by atoms with van der Waals surface area (Å²) in [6.07, 6.45) is 0. The molecule has 3 heterocycles. The van der Waals surface area contributed by atoms with E-state index in [2.05, 4.69) is 47.6 Å². The van der Waals surface area contributed by atoms with Crippen molar-refractivity contribution in [1.29, 1.82) is 0 Å². The Hall–Kier alpha value is -1.43. The van der Waals surface area contributed by atoms with Gasteiger partial charge in [0, 0.05) is 44.7 Å². The molecule has 4 rings (SSSR count). The Morgan fingerprint density at radius 3 is 2.61 bits per heavy atom. The highest BCUT2D eigenvalue weighted by molar-refractivity contribution is 5.85. The maximum Gasteiger partial charge on any atom is 0.233 e. The summed E-state index contributed by atoms with van der Waals surface area (Å²) >= 11 is 0. The van der Waals surface area contributed by atoms with Crippen LogP contribution >= 0.6 is 0 Å². The summed E-state index contributed by atoms with van der Waals surface area (Å²) < 4.78 is 0. The number of amides is 1. The standard InChI is InChI=1S/C18H25N3O2/c1-20-7-14-8-21(17(23)18(12-22)10-19-11-18)9-15(14)16(20)13-5-3-2-4-6-13/h2-6,14-16,19,22H,7-12H2,1H3/t14-,15+,16-/m0/s1. The van der Waals surface area contributed by atoms with Crippen molar-refractivity contribution in [3.05, 3.63) is 35.9 Å². The number of aliphatic hydroxyl groups excluding tert-OH is 1. The molecule has 2 N–H and O–H groups in total. The molecule has 0 aliphatic carbocycles. The molecule has 23 heavy (non-hydrogen) atoms. The smallest absolute Gasteiger partial charge is 0.233 e. The third-order valence-electron chi connectivity index (χ3n) is 6.01. The third-order valence-corrected chi connectivity index (χ3v) is 6.01. The highest BCUT2D eigenvalue weighted by Gasteiger charge is 2.52. The lowest BCUT2D eigenvalue weighted by Gasteiger charge is -2.42. The molecule has 0 bridgehead atoms. The quantitative estimate of drug-likeness (QED) is 0.844. The molecule has 0 spiro atoms. The van der Waals surface area contributed by atoms with Crippen LogP contribution in [0.3, 0.4) is 0 Å². The Balaban J connectivity index is 1.53. The predicted molar refractivity (Wildman–Crippen MR) is 87.8 cm³/mol. The molecule has 1 amide bonds. The van der Waals surface area contributed by atoms with Crippen LogP contribution in [0.2, 0.25) is 0 Å². The molecule has 0 unspecified atom stereocenters. The lowest BCUT2D eigenvalue weighted by atomic mass is 9.81. The van der Waals surface area contributed by atoms with Gasteiger partial charge in [0.1, 0.15) is 0 Å². The van der Waals surface area contributed by atoms with Gasteiger partial charge in [0.05, 0.1) is 12.0 Å². The van der Waals surface area contributed by atoms with E-state index in [9.17, 15) is 9.90 Å². The minimum absolute atomic E-state index is 0.0489. The summed E-state index contributed by atoms with van der Waals surface area (Å²) in [6, 6.07) is 11.0. The van der Waals surface area contributed by atoms with Crippen molar-refractivity contribution in [1.82, 2.24) is 15.1 Å². The van der Waals surface area contributed by atoms with Crippen LogP contribution in [0.25, 0.3) is 0 Å². The number of hydrogen-bond acceptors (Lipinski definition) is 4. The summed E-state index contributed by atoms with van der Waals surface area (Å²) in [5, 5.41) is 12.8. The number of nitrogens with one attached hydrogen (secondary N) is 1. The van der Waals surface area contributed by atoms with Crippen LogP contribution in [0.5, 0.6) is 0 Å². The van der Waals surface area contributed by atoms with Gasteiger partial charge < -0.3 is 15.3 Å². The number of rotatable bonds is 3. The second-order valence-corrected chi connectivity index (χ2v) is 7.47. The second kappa shape index (κ2) is 5.58. The zero-order valence-electron chi connectivity index (χ0n) is 13.6. The zero-order chi connectivity index (χ0) is 16.0. The van der Waals surface area contributed by atoms with E-state index >= 15 is 0 Å². The van der Waals surface area contributed by atoms with Gasteiger partial charge in [0.25, 0.3) is 0 Å². The fourth-order valence-corrected chi connectivity index (χ4v) is 4.67. The Labute approximate surface area is 137 Å². The molecule has 3 saturated heterocycles. The summed E-state index contributed by atoms with van der Waals surface area (Å²) in [7, 11) is 2.19. The number of aliphatic hydroxyl groups is 1. The SMILES string of the molecule is CN1C[C@H]2CN(C(=O)C3(CO)CNC3)C[C@H]2[C@@H]1c1ccccc1. The van der Waals surface area contributed by atoms with E-state index in [1.165, 1.54) is 5.56 Å². The van der Waals surface area contributed by atoms with E-state index in [0.717, 1.165) is 19.6 Å². The Bertz CT molecular complexity index is 582. The number of benzene rings is 1. The number of carbonyl (C=O) groups is 1. The topological polar surface area (TPSA) is 55.8 Å². The van der Waals surface area contributed by atoms with Gasteiger partial charge in [-0.15, -0.1) is 0 Å². The minimum Gasteiger partial charge on any atom is -0.395 e. The number of fused-ring (bicyclic) bond motifs is 1. The van der Waals surface area contributed by atoms with Crippen molar-refractivity contribution in [3.63, 3.8) is 0 Å².